The monoisotopic (exact) mass is 474 g/mol. The summed E-state index contributed by atoms with van der Waals surface area (Å²) in [4.78, 5) is 48.5. The van der Waals surface area contributed by atoms with Crippen molar-refractivity contribution in [1.29, 1.82) is 0 Å². The van der Waals surface area contributed by atoms with E-state index in [0.717, 1.165) is 68.3 Å². The lowest BCUT2D eigenvalue weighted by atomic mass is 9.96. The molecule has 9 heteroatoms. The summed E-state index contributed by atoms with van der Waals surface area (Å²) in [7, 11) is 1.89. The van der Waals surface area contributed by atoms with E-state index in [0.29, 0.717) is 6.42 Å². The molecule has 1 atom stereocenters. The quantitative estimate of drug-likeness (QED) is 0.636. The van der Waals surface area contributed by atoms with Crippen molar-refractivity contribution in [3.05, 3.63) is 47.7 Å². The number of hydrogen-bond donors (Lipinski definition) is 2. The number of piperidine rings is 1. The fraction of sp³-hybridized carbons (Fsp3) is 0.462. The number of hydrogen-bond acceptors (Lipinski definition) is 7. The van der Waals surface area contributed by atoms with Crippen molar-refractivity contribution in [2.45, 2.75) is 43.7 Å². The summed E-state index contributed by atoms with van der Waals surface area (Å²) in [6, 6.07) is 9.76. The Labute approximate surface area is 204 Å². The van der Waals surface area contributed by atoms with Crippen molar-refractivity contribution in [2.24, 2.45) is 0 Å². The third-order valence-corrected chi connectivity index (χ3v) is 7.88. The van der Waals surface area contributed by atoms with Gasteiger partial charge in [0.1, 0.15) is 11.9 Å². The van der Waals surface area contributed by atoms with Gasteiger partial charge in [0.05, 0.1) is 17.3 Å². The Morgan fingerprint density at radius 1 is 1.09 bits per heavy atom. The summed E-state index contributed by atoms with van der Waals surface area (Å²) in [6.07, 6.45) is 4.15. The molecule has 1 aromatic heterocycles. The number of benzene rings is 1. The molecular formula is C26H30N6O3. The van der Waals surface area contributed by atoms with Gasteiger partial charge in [-0.1, -0.05) is 12.1 Å². The lowest BCUT2D eigenvalue weighted by Crippen LogP contribution is -2.54. The van der Waals surface area contributed by atoms with E-state index in [1.807, 2.05) is 25.4 Å². The molecule has 0 radical (unpaired) electrons. The summed E-state index contributed by atoms with van der Waals surface area (Å²) in [6.45, 7) is 4.55. The Bertz CT molecular complexity index is 1180. The van der Waals surface area contributed by atoms with Crippen LogP contribution in [0, 0.1) is 0 Å². The molecule has 9 nitrogen and oxygen atoms in total. The molecule has 35 heavy (non-hydrogen) atoms. The molecule has 4 heterocycles. The average Bonchev–Trinajstić information content (AvgIpc) is 3.65. The highest BCUT2D eigenvalue weighted by atomic mass is 16.2. The molecule has 6 rings (SSSR count). The Kier molecular flexibility index (Phi) is 5.25. The number of nitrogens with one attached hydrogen (secondary N) is 2. The van der Waals surface area contributed by atoms with Crippen LogP contribution in [0.25, 0.3) is 0 Å². The molecule has 3 aliphatic heterocycles. The van der Waals surface area contributed by atoms with Crippen LogP contribution in [-0.4, -0.2) is 66.9 Å². The van der Waals surface area contributed by atoms with E-state index in [-0.39, 0.29) is 24.1 Å². The second kappa shape index (κ2) is 8.34. The van der Waals surface area contributed by atoms with Crippen LogP contribution in [0.4, 0.5) is 17.2 Å². The molecule has 1 aliphatic carbocycles. The zero-order valence-electron chi connectivity index (χ0n) is 19.9. The first-order chi connectivity index (χ1) is 17.0. The van der Waals surface area contributed by atoms with Gasteiger partial charge in [-0.15, -0.1) is 0 Å². The molecule has 3 fully saturated rings. The molecule has 1 aromatic carbocycles. The molecule has 4 aliphatic rings. The van der Waals surface area contributed by atoms with E-state index in [1.165, 1.54) is 5.56 Å². The molecule has 2 N–H and O–H groups in total. The number of carbonyl (C=O) groups excluding carboxylic acids is 3. The Morgan fingerprint density at radius 3 is 2.54 bits per heavy atom. The normalized spacial score (nSPS) is 23.5. The van der Waals surface area contributed by atoms with Crippen LogP contribution in [-0.2, 0) is 26.3 Å². The van der Waals surface area contributed by atoms with Gasteiger partial charge in [0.25, 0.3) is 0 Å². The number of fused-ring (bicyclic) bond motifs is 2. The van der Waals surface area contributed by atoms with Crippen molar-refractivity contribution < 1.29 is 14.4 Å². The third kappa shape index (κ3) is 3.74. The maximum absolute atomic E-state index is 13.4. The van der Waals surface area contributed by atoms with Crippen LogP contribution >= 0.6 is 0 Å². The second-order valence-corrected chi connectivity index (χ2v) is 9.99. The summed E-state index contributed by atoms with van der Waals surface area (Å²) >= 11 is 0. The minimum Gasteiger partial charge on any atom is -0.387 e. The number of pyridine rings is 1. The zero-order valence-corrected chi connectivity index (χ0v) is 19.9. The van der Waals surface area contributed by atoms with Crippen LogP contribution in [0.5, 0.6) is 0 Å². The molecule has 2 aromatic rings. The minimum atomic E-state index is -0.603. The van der Waals surface area contributed by atoms with E-state index in [4.69, 9.17) is 0 Å². The van der Waals surface area contributed by atoms with Crippen LogP contribution < -0.4 is 20.4 Å². The van der Waals surface area contributed by atoms with E-state index in [2.05, 4.69) is 43.6 Å². The van der Waals surface area contributed by atoms with Crippen LogP contribution in [0.15, 0.2) is 36.5 Å². The van der Waals surface area contributed by atoms with Crippen molar-refractivity contribution in [1.82, 2.24) is 15.2 Å². The predicted octanol–water partition coefficient (Wildman–Crippen LogP) is 1.63. The Morgan fingerprint density at radius 2 is 1.89 bits per heavy atom. The highest BCUT2D eigenvalue weighted by Crippen LogP contribution is 2.58. The smallest absolute Gasteiger partial charge is 0.249 e. The number of amides is 3. The van der Waals surface area contributed by atoms with Crippen molar-refractivity contribution in [2.75, 3.05) is 48.3 Å². The molecule has 1 saturated carbocycles. The maximum atomic E-state index is 13.4. The lowest BCUT2D eigenvalue weighted by Gasteiger charge is -2.35. The fourth-order valence-electron chi connectivity index (χ4n) is 5.69. The fourth-order valence-corrected chi connectivity index (χ4v) is 5.69. The van der Waals surface area contributed by atoms with Gasteiger partial charge in [-0.25, -0.2) is 4.98 Å². The summed E-state index contributed by atoms with van der Waals surface area (Å²) in [5.74, 6) is 0.393. The molecule has 1 unspecified atom stereocenters. The Hall–Kier alpha value is -3.46. The van der Waals surface area contributed by atoms with E-state index >= 15 is 0 Å². The first-order valence-electron chi connectivity index (χ1n) is 12.4. The molecule has 3 amide bonds. The summed E-state index contributed by atoms with van der Waals surface area (Å²) in [5, 5.41) is 5.50. The molecule has 0 bridgehead atoms. The van der Waals surface area contributed by atoms with E-state index in [9.17, 15) is 14.4 Å². The van der Waals surface area contributed by atoms with Gasteiger partial charge in [0.2, 0.25) is 17.7 Å². The van der Waals surface area contributed by atoms with Gasteiger partial charge >= 0.3 is 0 Å². The minimum absolute atomic E-state index is 0.0181. The first-order valence-corrected chi connectivity index (χ1v) is 12.4. The Balaban J connectivity index is 1.15. The largest absolute Gasteiger partial charge is 0.387 e. The van der Waals surface area contributed by atoms with Gasteiger partial charge in [-0.05, 0) is 48.6 Å². The molecular weight excluding hydrogens is 444 g/mol. The number of carbonyl (C=O) groups is 3. The number of aromatic nitrogens is 1. The number of imide groups is 1. The second-order valence-electron chi connectivity index (χ2n) is 9.99. The maximum Gasteiger partial charge on any atom is 0.249 e. The van der Waals surface area contributed by atoms with Gasteiger partial charge < -0.3 is 10.2 Å². The zero-order chi connectivity index (χ0) is 24.2. The number of nitrogens with zero attached hydrogens (tertiary/aromatic N) is 4. The molecule has 2 saturated heterocycles. The van der Waals surface area contributed by atoms with E-state index < -0.39 is 11.5 Å². The molecule has 1 spiro atoms. The SMILES string of the molecule is CNc1ccc(N2CCN(Cc3ccc4c(c3)C3(CC3)C(=O)N4C3CCC(=O)NC3=O)CC2)nc1. The van der Waals surface area contributed by atoms with Crippen molar-refractivity contribution in [3.63, 3.8) is 0 Å². The third-order valence-electron chi connectivity index (χ3n) is 7.88. The highest BCUT2D eigenvalue weighted by molar-refractivity contribution is 6.15. The van der Waals surface area contributed by atoms with Gasteiger partial charge in [0, 0.05) is 51.9 Å². The summed E-state index contributed by atoms with van der Waals surface area (Å²) < 4.78 is 0. The number of rotatable bonds is 5. The standard InChI is InChI=1S/C26H30N6O3/c1-27-18-3-6-22(28-15-18)31-12-10-30(11-13-31)16-17-2-4-20-19(14-17)26(8-9-26)25(35)32(20)21-5-7-23(33)29-24(21)34/h2-4,6,14-15,21,27H,5,7-13,16H2,1H3,(H,29,33,34). The number of anilines is 3. The van der Waals surface area contributed by atoms with Gasteiger partial charge in [0.15, 0.2) is 0 Å². The average molecular weight is 475 g/mol. The van der Waals surface area contributed by atoms with Crippen LogP contribution in [0.3, 0.4) is 0 Å². The van der Waals surface area contributed by atoms with Crippen molar-refractivity contribution >= 4 is 34.9 Å². The first kappa shape index (κ1) is 22.0. The topological polar surface area (TPSA) is 97.9 Å². The van der Waals surface area contributed by atoms with Crippen LogP contribution in [0.1, 0.15) is 36.8 Å². The van der Waals surface area contributed by atoms with Gasteiger partial charge in [-0.2, -0.15) is 0 Å². The highest BCUT2D eigenvalue weighted by Gasteiger charge is 2.61. The van der Waals surface area contributed by atoms with Crippen molar-refractivity contribution in [3.8, 4) is 0 Å². The van der Waals surface area contributed by atoms with Gasteiger partial charge in [-0.3, -0.25) is 29.5 Å². The number of piperazine rings is 1. The molecule has 182 valence electrons. The lowest BCUT2D eigenvalue weighted by molar-refractivity contribution is -0.135. The van der Waals surface area contributed by atoms with E-state index in [1.54, 1.807) is 4.90 Å². The summed E-state index contributed by atoms with van der Waals surface area (Å²) in [5.41, 5.74) is 3.62. The van der Waals surface area contributed by atoms with Crippen LogP contribution in [0.2, 0.25) is 0 Å². The predicted molar refractivity (Wildman–Crippen MR) is 132 cm³/mol.